The molecule has 0 saturated heterocycles. The van der Waals surface area contributed by atoms with Crippen LogP contribution in [0.2, 0.25) is 8.67 Å². The van der Waals surface area contributed by atoms with Gasteiger partial charge in [-0.3, -0.25) is 11.3 Å². The first-order valence-electron chi connectivity index (χ1n) is 5.78. The highest BCUT2D eigenvalue weighted by Gasteiger charge is 2.17. The van der Waals surface area contributed by atoms with E-state index in [9.17, 15) is 0 Å². The van der Waals surface area contributed by atoms with E-state index in [2.05, 4.69) is 21.4 Å². The van der Waals surface area contributed by atoms with Gasteiger partial charge in [0.2, 0.25) is 0 Å². The quantitative estimate of drug-likeness (QED) is 0.575. The molecule has 0 amide bonds. The predicted molar refractivity (Wildman–Crippen MR) is 88.8 cm³/mol. The van der Waals surface area contributed by atoms with Crippen molar-refractivity contribution in [3.8, 4) is 5.75 Å². The van der Waals surface area contributed by atoms with Gasteiger partial charge in [-0.2, -0.15) is 0 Å². The molecule has 0 spiro atoms. The molecule has 1 unspecified atom stereocenters. The molecule has 1 aromatic heterocycles. The summed E-state index contributed by atoms with van der Waals surface area (Å²) in [6.45, 7) is 0. The van der Waals surface area contributed by atoms with Gasteiger partial charge in [0.1, 0.15) is 5.75 Å². The zero-order valence-corrected chi connectivity index (χ0v) is 14.5. The molecule has 0 radical (unpaired) electrons. The second kappa shape index (κ2) is 7.11. The number of nitrogens with two attached hydrogens (primary N) is 1. The Bertz CT molecular complexity index is 606. The molecule has 1 aromatic carbocycles. The highest BCUT2D eigenvalue weighted by molar-refractivity contribution is 9.10. The zero-order valence-electron chi connectivity index (χ0n) is 10.6. The van der Waals surface area contributed by atoms with Crippen molar-refractivity contribution in [2.45, 2.75) is 12.5 Å². The Morgan fingerprint density at radius 2 is 2.15 bits per heavy atom. The molecule has 0 aliphatic heterocycles. The van der Waals surface area contributed by atoms with E-state index in [4.69, 9.17) is 33.8 Å². The maximum Gasteiger partial charge on any atom is 0.133 e. The number of methoxy groups -OCH3 is 1. The molecule has 0 bridgehead atoms. The zero-order chi connectivity index (χ0) is 14.7. The second-order valence-corrected chi connectivity index (χ2v) is 7.31. The van der Waals surface area contributed by atoms with E-state index >= 15 is 0 Å². The van der Waals surface area contributed by atoms with Gasteiger partial charge in [0, 0.05) is 5.56 Å². The van der Waals surface area contributed by atoms with Crippen LogP contribution in [0.15, 0.2) is 28.7 Å². The molecule has 1 atom stereocenters. The molecule has 0 aliphatic rings. The molecular formula is C13H13BrCl2N2OS. The molecule has 0 saturated carbocycles. The van der Waals surface area contributed by atoms with Gasteiger partial charge in [0.15, 0.2) is 0 Å². The van der Waals surface area contributed by atoms with Crippen LogP contribution < -0.4 is 16.0 Å². The van der Waals surface area contributed by atoms with Crippen LogP contribution in [0, 0.1) is 0 Å². The number of rotatable bonds is 5. The van der Waals surface area contributed by atoms with Gasteiger partial charge in [-0.25, -0.2) is 0 Å². The van der Waals surface area contributed by atoms with Crippen molar-refractivity contribution in [3.05, 3.63) is 48.5 Å². The average molecular weight is 396 g/mol. The Balaban J connectivity index is 2.22. The molecule has 1 heterocycles. The fourth-order valence-electron chi connectivity index (χ4n) is 1.92. The third kappa shape index (κ3) is 3.67. The Morgan fingerprint density at radius 3 is 2.65 bits per heavy atom. The van der Waals surface area contributed by atoms with E-state index in [1.807, 2.05) is 24.3 Å². The normalized spacial score (nSPS) is 12.4. The van der Waals surface area contributed by atoms with Crippen LogP contribution in [0.5, 0.6) is 5.75 Å². The summed E-state index contributed by atoms with van der Waals surface area (Å²) in [6, 6.07) is 7.67. The monoisotopic (exact) mass is 394 g/mol. The van der Waals surface area contributed by atoms with E-state index in [1.165, 1.54) is 11.3 Å². The lowest BCUT2D eigenvalue weighted by atomic mass is 10.0. The summed E-state index contributed by atoms with van der Waals surface area (Å²) in [5.41, 5.74) is 4.81. The van der Waals surface area contributed by atoms with Gasteiger partial charge in [-0.15, -0.1) is 11.3 Å². The number of ether oxygens (including phenoxy) is 1. The molecule has 7 heteroatoms. The lowest BCUT2D eigenvalue weighted by Gasteiger charge is -2.16. The summed E-state index contributed by atoms with van der Waals surface area (Å²) < 4.78 is 7.43. The second-order valence-electron chi connectivity index (χ2n) is 4.17. The van der Waals surface area contributed by atoms with Crippen molar-refractivity contribution in [1.82, 2.24) is 5.43 Å². The smallest absolute Gasteiger partial charge is 0.133 e. The van der Waals surface area contributed by atoms with Gasteiger partial charge in [-0.05, 0) is 46.1 Å². The predicted octanol–water partition coefficient (Wildman–Crippen LogP) is 4.57. The van der Waals surface area contributed by atoms with Crippen LogP contribution in [0.1, 0.15) is 17.2 Å². The lowest BCUT2D eigenvalue weighted by molar-refractivity contribution is 0.412. The molecular weight excluding hydrogens is 383 g/mol. The third-order valence-electron chi connectivity index (χ3n) is 2.92. The van der Waals surface area contributed by atoms with E-state index in [0.717, 1.165) is 21.3 Å². The maximum absolute atomic E-state index is 6.17. The van der Waals surface area contributed by atoms with Gasteiger partial charge in [0.05, 0.1) is 26.3 Å². The molecule has 108 valence electrons. The number of halogens is 3. The van der Waals surface area contributed by atoms with Crippen molar-refractivity contribution in [2.24, 2.45) is 5.84 Å². The van der Waals surface area contributed by atoms with Crippen LogP contribution in [0.25, 0.3) is 0 Å². The minimum Gasteiger partial charge on any atom is -0.496 e. The van der Waals surface area contributed by atoms with E-state index in [-0.39, 0.29) is 6.04 Å². The first-order chi connectivity index (χ1) is 9.55. The highest BCUT2D eigenvalue weighted by atomic mass is 79.9. The molecule has 2 aromatic rings. The minimum atomic E-state index is -0.0912. The van der Waals surface area contributed by atoms with Crippen LogP contribution in [0.3, 0.4) is 0 Å². The Hall–Kier alpha value is -0.300. The average Bonchev–Trinajstić information content (AvgIpc) is 2.75. The Kier molecular flexibility index (Phi) is 5.72. The first-order valence-corrected chi connectivity index (χ1v) is 8.15. The first kappa shape index (κ1) is 16.1. The van der Waals surface area contributed by atoms with Crippen molar-refractivity contribution in [2.75, 3.05) is 7.11 Å². The Morgan fingerprint density at radius 1 is 1.40 bits per heavy atom. The summed E-state index contributed by atoms with van der Waals surface area (Å²) in [5.74, 6) is 6.44. The third-order valence-corrected chi connectivity index (χ3v) is 5.05. The number of hydrogen-bond donors (Lipinski definition) is 2. The standard InChI is InChI=1S/C13H13BrCl2N2OS/c1-19-11-3-2-7(4-9(11)14)5-10(18-17)8-6-12(15)20-13(8)16/h2-4,6,10,18H,5,17H2,1H3. The van der Waals surface area contributed by atoms with Gasteiger partial charge in [0.25, 0.3) is 0 Å². The summed E-state index contributed by atoms with van der Waals surface area (Å²) in [7, 11) is 1.64. The fraction of sp³-hybridized carbons (Fsp3) is 0.231. The summed E-state index contributed by atoms with van der Waals surface area (Å²) in [5, 5.41) is 0. The van der Waals surface area contributed by atoms with Crippen molar-refractivity contribution >= 4 is 50.5 Å². The molecule has 20 heavy (non-hydrogen) atoms. The number of benzene rings is 1. The van der Waals surface area contributed by atoms with Crippen LogP contribution >= 0.6 is 50.5 Å². The van der Waals surface area contributed by atoms with Crippen molar-refractivity contribution in [1.29, 1.82) is 0 Å². The molecule has 3 nitrogen and oxygen atoms in total. The minimum absolute atomic E-state index is 0.0912. The van der Waals surface area contributed by atoms with Crippen LogP contribution in [0.4, 0.5) is 0 Å². The summed E-state index contributed by atoms with van der Waals surface area (Å²) in [4.78, 5) is 0. The van der Waals surface area contributed by atoms with Crippen LogP contribution in [-0.2, 0) is 6.42 Å². The van der Waals surface area contributed by atoms with Crippen LogP contribution in [-0.4, -0.2) is 7.11 Å². The largest absolute Gasteiger partial charge is 0.496 e. The molecule has 0 fully saturated rings. The molecule has 2 rings (SSSR count). The molecule has 3 N–H and O–H groups in total. The summed E-state index contributed by atoms with van der Waals surface area (Å²) >= 11 is 17.0. The molecule has 0 aliphatic carbocycles. The highest BCUT2D eigenvalue weighted by Crippen LogP contribution is 2.36. The van der Waals surface area contributed by atoms with Gasteiger partial charge >= 0.3 is 0 Å². The number of hydrogen-bond acceptors (Lipinski definition) is 4. The van der Waals surface area contributed by atoms with E-state index in [0.29, 0.717) is 15.1 Å². The number of nitrogens with one attached hydrogen (secondary N) is 1. The topological polar surface area (TPSA) is 47.3 Å². The van der Waals surface area contributed by atoms with E-state index in [1.54, 1.807) is 7.11 Å². The summed E-state index contributed by atoms with van der Waals surface area (Å²) in [6.07, 6.45) is 0.700. The fourth-order valence-corrected chi connectivity index (χ4v) is 4.09. The lowest BCUT2D eigenvalue weighted by Crippen LogP contribution is -2.29. The number of thiophene rings is 1. The van der Waals surface area contributed by atoms with E-state index < -0.39 is 0 Å². The SMILES string of the molecule is COc1ccc(CC(NN)c2cc(Cl)sc2Cl)cc1Br. The number of hydrazine groups is 1. The van der Waals surface area contributed by atoms with Crippen molar-refractivity contribution < 1.29 is 4.74 Å². The maximum atomic E-state index is 6.17. The van der Waals surface area contributed by atoms with Crippen molar-refractivity contribution in [3.63, 3.8) is 0 Å². The van der Waals surface area contributed by atoms with Gasteiger partial charge < -0.3 is 4.74 Å². The van der Waals surface area contributed by atoms with Gasteiger partial charge in [-0.1, -0.05) is 29.3 Å². The Labute approximate surface area is 140 Å².